The minimum absolute atomic E-state index is 0.0269. The van der Waals surface area contributed by atoms with Crippen molar-refractivity contribution in [2.45, 2.75) is 31.8 Å². The fraction of sp³-hybridized carbons (Fsp3) is 0.600. The van der Waals surface area contributed by atoms with Gasteiger partial charge in [0.1, 0.15) is 6.04 Å². The molecule has 0 radical (unpaired) electrons. The number of hydrogen-bond donors (Lipinski definition) is 3. The molecule has 0 bridgehead atoms. The van der Waals surface area contributed by atoms with Gasteiger partial charge in [-0.25, -0.2) is 4.79 Å². The Morgan fingerprint density at radius 2 is 2.07 bits per heavy atom. The van der Waals surface area contributed by atoms with Crippen LogP contribution in [0.3, 0.4) is 0 Å². The Kier molecular flexibility index (Phi) is 4.82. The fourth-order valence-electron chi connectivity index (χ4n) is 0.770. The predicted octanol–water partition coefficient (Wildman–Crippen LogP) is -0.423. The van der Waals surface area contributed by atoms with Crippen LogP contribution in [0, 0.1) is 12.3 Å². The third kappa shape index (κ3) is 4.00. The molecule has 5 nitrogen and oxygen atoms in total. The third-order valence-corrected chi connectivity index (χ3v) is 2.12. The van der Waals surface area contributed by atoms with E-state index in [1.807, 2.05) is 0 Å². The molecule has 0 heterocycles. The lowest BCUT2D eigenvalue weighted by molar-refractivity contribution is -0.142. The normalized spacial score (nSPS) is 12.7. The van der Waals surface area contributed by atoms with Crippen molar-refractivity contribution in [2.75, 3.05) is 7.05 Å². The second-order valence-corrected chi connectivity index (χ2v) is 3.65. The lowest BCUT2D eigenvalue weighted by atomic mass is 10.0. The summed E-state index contributed by atoms with van der Waals surface area (Å²) in [7, 11) is 1.62. The van der Waals surface area contributed by atoms with Crippen molar-refractivity contribution in [2.24, 2.45) is 0 Å². The van der Waals surface area contributed by atoms with Gasteiger partial charge in [0.05, 0.1) is 5.54 Å². The molecule has 0 aliphatic heterocycles. The first kappa shape index (κ1) is 13.5. The molecule has 0 aromatic heterocycles. The molecular formula is C10H16N2O3. The van der Waals surface area contributed by atoms with Gasteiger partial charge in [0.25, 0.3) is 0 Å². The second-order valence-electron chi connectivity index (χ2n) is 3.65. The standard InChI is InChI=1S/C10H16N2O3/c1-5-6-7(8(13)14)12-9(15)10(2,3)11-4/h1,7,11H,6H2,2-4H3,(H,12,15)(H,13,14). The number of nitrogens with one attached hydrogen (secondary N) is 2. The van der Waals surface area contributed by atoms with E-state index in [9.17, 15) is 9.59 Å². The summed E-state index contributed by atoms with van der Waals surface area (Å²) in [5, 5.41) is 13.9. The van der Waals surface area contributed by atoms with Crippen molar-refractivity contribution < 1.29 is 14.7 Å². The number of carboxylic acids is 1. The van der Waals surface area contributed by atoms with Crippen molar-refractivity contribution in [3.8, 4) is 12.3 Å². The van der Waals surface area contributed by atoms with Crippen LogP contribution >= 0.6 is 0 Å². The zero-order valence-electron chi connectivity index (χ0n) is 9.13. The minimum atomic E-state index is -1.13. The first-order valence-electron chi connectivity index (χ1n) is 4.51. The number of carboxylic acid groups (broad SMARTS) is 1. The van der Waals surface area contributed by atoms with Gasteiger partial charge in [-0.1, -0.05) is 0 Å². The van der Waals surface area contributed by atoms with E-state index in [0.29, 0.717) is 0 Å². The maximum absolute atomic E-state index is 11.6. The lowest BCUT2D eigenvalue weighted by Crippen LogP contribution is -2.55. The molecule has 0 aromatic rings. The van der Waals surface area contributed by atoms with E-state index in [0.717, 1.165) is 0 Å². The summed E-state index contributed by atoms with van der Waals surface area (Å²) in [6.45, 7) is 3.30. The second kappa shape index (κ2) is 5.37. The summed E-state index contributed by atoms with van der Waals surface area (Å²) in [6, 6.07) is -1.03. The van der Waals surface area contributed by atoms with Gasteiger partial charge in [0, 0.05) is 6.42 Å². The number of likely N-dealkylation sites (N-methyl/N-ethyl adjacent to an activating group) is 1. The number of carbonyl (C=O) groups is 2. The fourth-order valence-corrected chi connectivity index (χ4v) is 0.770. The summed E-state index contributed by atoms with van der Waals surface area (Å²) in [4.78, 5) is 22.3. The number of aliphatic carboxylic acids is 1. The van der Waals surface area contributed by atoms with Gasteiger partial charge in [-0.15, -0.1) is 12.3 Å². The average Bonchev–Trinajstić information content (AvgIpc) is 2.16. The minimum Gasteiger partial charge on any atom is -0.480 e. The van der Waals surface area contributed by atoms with Gasteiger partial charge < -0.3 is 15.7 Å². The molecule has 0 aliphatic rings. The monoisotopic (exact) mass is 212 g/mol. The molecule has 0 aromatic carbocycles. The van der Waals surface area contributed by atoms with Crippen LogP contribution in [0.15, 0.2) is 0 Å². The molecule has 15 heavy (non-hydrogen) atoms. The van der Waals surface area contributed by atoms with E-state index in [1.165, 1.54) is 0 Å². The number of rotatable bonds is 5. The molecule has 0 rings (SSSR count). The number of hydrogen-bond acceptors (Lipinski definition) is 3. The van der Waals surface area contributed by atoms with Crippen LogP contribution in [0.25, 0.3) is 0 Å². The number of terminal acetylenes is 1. The molecule has 84 valence electrons. The molecule has 0 spiro atoms. The Morgan fingerprint density at radius 3 is 2.40 bits per heavy atom. The molecule has 3 N–H and O–H groups in total. The van der Waals surface area contributed by atoms with Gasteiger partial charge in [0.2, 0.25) is 5.91 Å². The van der Waals surface area contributed by atoms with Crippen molar-refractivity contribution in [1.82, 2.24) is 10.6 Å². The maximum atomic E-state index is 11.6. The maximum Gasteiger partial charge on any atom is 0.327 e. The quantitative estimate of drug-likeness (QED) is 0.541. The highest BCUT2D eigenvalue weighted by atomic mass is 16.4. The average molecular weight is 212 g/mol. The summed E-state index contributed by atoms with van der Waals surface area (Å²) in [5.74, 6) is 0.681. The van der Waals surface area contributed by atoms with E-state index in [-0.39, 0.29) is 6.42 Å². The predicted molar refractivity (Wildman–Crippen MR) is 56.2 cm³/mol. The Labute approximate surface area is 89.2 Å². The Morgan fingerprint density at radius 1 is 1.53 bits per heavy atom. The zero-order chi connectivity index (χ0) is 12.1. The molecule has 0 aliphatic carbocycles. The van der Waals surface area contributed by atoms with Crippen molar-refractivity contribution in [1.29, 1.82) is 0 Å². The molecule has 0 saturated carbocycles. The third-order valence-electron chi connectivity index (χ3n) is 2.12. The van der Waals surface area contributed by atoms with Crippen LogP contribution in [0.4, 0.5) is 0 Å². The summed E-state index contributed by atoms with van der Waals surface area (Å²) < 4.78 is 0. The number of amides is 1. The van der Waals surface area contributed by atoms with E-state index in [1.54, 1.807) is 20.9 Å². The Bertz CT molecular complexity index is 292. The van der Waals surface area contributed by atoms with Crippen LogP contribution in [-0.2, 0) is 9.59 Å². The largest absolute Gasteiger partial charge is 0.480 e. The number of carbonyl (C=O) groups excluding carboxylic acids is 1. The Balaban J connectivity index is 4.50. The highest BCUT2D eigenvalue weighted by molar-refractivity contribution is 5.89. The first-order chi connectivity index (χ1) is 6.85. The van der Waals surface area contributed by atoms with Crippen LogP contribution in [0.5, 0.6) is 0 Å². The summed E-state index contributed by atoms with van der Waals surface area (Å²) in [6.07, 6.45) is 4.98. The van der Waals surface area contributed by atoms with Crippen molar-refractivity contribution in [3.63, 3.8) is 0 Å². The molecule has 0 saturated heterocycles. The van der Waals surface area contributed by atoms with E-state index >= 15 is 0 Å². The van der Waals surface area contributed by atoms with E-state index in [2.05, 4.69) is 16.6 Å². The highest BCUT2D eigenvalue weighted by Crippen LogP contribution is 2.02. The highest BCUT2D eigenvalue weighted by Gasteiger charge is 2.29. The van der Waals surface area contributed by atoms with Crippen molar-refractivity contribution >= 4 is 11.9 Å². The molecule has 1 atom stereocenters. The van der Waals surface area contributed by atoms with Gasteiger partial charge in [-0.3, -0.25) is 4.79 Å². The zero-order valence-corrected chi connectivity index (χ0v) is 9.13. The van der Waals surface area contributed by atoms with Gasteiger partial charge >= 0.3 is 5.97 Å². The topological polar surface area (TPSA) is 78.4 Å². The SMILES string of the molecule is C#CCC(NC(=O)C(C)(C)NC)C(=O)O. The molecule has 0 fully saturated rings. The summed E-state index contributed by atoms with van der Waals surface area (Å²) >= 11 is 0. The van der Waals surface area contributed by atoms with Crippen molar-refractivity contribution in [3.05, 3.63) is 0 Å². The van der Waals surface area contributed by atoms with E-state index < -0.39 is 23.5 Å². The van der Waals surface area contributed by atoms with Gasteiger partial charge in [-0.2, -0.15) is 0 Å². The van der Waals surface area contributed by atoms with Crippen LogP contribution < -0.4 is 10.6 Å². The van der Waals surface area contributed by atoms with Gasteiger partial charge in [-0.05, 0) is 20.9 Å². The summed E-state index contributed by atoms with van der Waals surface area (Å²) in [5.41, 5.74) is -0.817. The molecule has 1 amide bonds. The molecule has 1 unspecified atom stereocenters. The molecule has 5 heteroatoms. The van der Waals surface area contributed by atoms with Crippen LogP contribution in [0.2, 0.25) is 0 Å². The van der Waals surface area contributed by atoms with Crippen LogP contribution in [-0.4, -0.2) is 35.6 Å². The smallest absolute Gasteiger partial charge is 0.327 e. The van der Waals surface area contributed by atoms with Crippen LogP contribution in [0.1, 0.15) is 20.3 Å². The van der Waals surface area contributed by atoms with E-state index in [4.69, 9.17) is 11.5 Å². The first-order valence-corrected chi connectivity index (χ1v) is 4.51. The molecular weight excluding hydrogens is 196 g/mol. The Hall–Kier alpha value is -1.54. The van der Waals surface area contributed by atoms with Gasteiger partial charge in [0.15, 0.2) is 0 Å². The lowest BCUT2D eigenvalue weighted by Gasteiger charge is -2.24.